The van der Waals surface area contributed by atoms with Crippen molar-refractivity contribution in [3.8, 4) is 0 Å². The summed E-state index contributed by atoms with van der Waals surface area (Å²) in [5, 5.41) is 5.82. The standard InChI is InChI=1S/C21H26N2O2/c1-16-12-14-18(15-13-16)22-20(24)10-4-3-5-11-21(25)23-19-9-7-6-8-17(19)2/h6-9,12-15H,3-5,10-11H2,1-2H3,(H,22,24)(H,23,25). The molecule has 0 aliphatic carbocycles. The number of hydrogen-bond donors (Lipinski definition) is 2. The van der Waals surface area contributed by atoms with Gasteiger partial charge in [-0.1, -0.05) is 42.3 Å². The summed E-state index contributed by atoms with van der Waals surface area (Å²) in [6, 6.07) is 15.5. The lowest BCUT2D eigenvalue weighted by molar-refractivity contribution is -0.116. The van der Waals surface area contributed by atoms with E-state index in [2.05, 4.69) is 10.6 Å². The largest absolute Gasteiger partial charge is 0.326 e. The molecule has 2 amide bonds. The molecule has 2 aromatic rings. The van der Waals surface area contributed by atoms with Crippen molar-refractivity contribution in [2.75, 3.05) is 10.6 Å². The zero-order valence-electron chi connectivity index (χ0n) is 15.0. The lowest BCUT2D eigenvalue weighted by Gasteiger charge is -2.08. The van der Waals surface area contributed by atoms with Gasteiger partial charge in [-0.3, -0.25) is 9.59 Å². The van der Waals surface area contributed by atoms with E-state index in [9.17, 15) is 9.59 Å². The smallest absolute Gasteiger partial charge is 0.224 e. The third-order valence-electron chi connectivity index (χ3n) is 4.06. The maximum absolute atomic E-state index is 11.9. The van der Waals surface area contributed by atoms with Gasteiger partial charge < -0.3 is 10.6 Å². The topological polar surface area (TPSA) is 58.2 Å². The van der Waals surface area contributed by atoms with E-state index in [1.165, 1.54) is 5.56 Å². The Kier molecular flexibility index (Phi) is 7.20. The molecule has 4 nitrogen and oxygen atoms in total. The average Bonchev–Trinajstić information content (AvgIpc) is 2.59. The van der Waals surface area contributed by atoms with Crippen molar-refractivity contribution in [2.45, 2.75) is 46.0 Å². The van der Waals surface area contributed by atoms with Crippen molar-refractivity contribution in [3.63, 3.8) is 0 Å². The molecule has 2 aromatic carbocycles. The van der Waals surface area contributed by atoms with E-state index in [0.717, 1.165) is 36.2 Å². The van der Waals surface area contributed by atoms with Gasteiger partial charge in [0.05, 0.1) is 0 Å². The predicted molar refractivity (Wildman–Crippen MR) is 103 cm³/mol. The predicted octanol–water partition coefficient (Wildman–Crippen LogP) is 4.83. The number of para-hydroxylation sites is 1. The first-order valence-electron chi connectivity index (χ1n) is 8.76. The van der Waals surface area contributed by atoms with Crippen LogP contribution >= 0.6 is 0 Å². The third kappa shape index (κ3) is 6.79. The van der Waals surface area contributed by atoms with E-state index in [1.54, 1.807) is 0 Å². The number of aryl methyl sites for hydroxylation is 2. The minimum atomic E-state index is 0.0215. The second kappa shape index (κ2) is 9.62. The number of hydrogen-bond acceptors (Lipinski definition) is 2. The molecule has 0 aromatic heterocycles. The van der Waals surface area contributed by atoms with Gasteiger partial charge in [0, 0.05) is 24.2 Å². The highest BCUT2D eigenvalue weighted by atomic mass is 16.2. The molecule has 2 N–H and O–H groups in total. The molecule has 0 spiro atoms. The van der Waals surface area contributed by atoms with Crippen LogP contribution in [0.25, 0.3) is 0 Å². The summed E-state index contributed by atoms with van der Waals surface area (Å²) in [7, 11) is 0. The number of unbranched alkanes of at least 4 members (excludes halogenated alkanes) is 2. The van der Waals surface area contributed by atoms with E-state index >= 15 is 0 Å². The number of amides is 2. The van der Waals surface area contributed by atoms with E-state index < -0.39 is 0 Å². The Balaban J connectivity index is 1.59. The molecule has 2 rings (SSSR count). The van der Waals surface area contributed by atoms with Gasteiger partial charge in [-0.15, -0.1) is 0 Å². The summed E-state index contributed by atoms with van der Waals surface area (Å²) in [6.07, 6.45) is 3.40. The second-order valence-electron chi connectivity index (χ2n) is 6.34. The summed E-state index contributed by atoms with van der Waals surface area (Å²) in [5.41, 5.74) is 3.92. The maximum Gasteiger partial charge on any atom is 0.224 e. The van der Waals surface area contributed by atoms with Gasteiger partial charge in [0.25, 0.3) is 0 Å². The van der Waals surface area contributed by atoms with Crippen molar-refractivity contribution in [1.82, 2.24) is 0 Å². The van der Waals surface area contributed by atoms with Crippen molar-refractivity contribution >= 4 is 23.2 Å². The Bertz CT molecular complexity index is 708. The average molecular weight is 338 g/mol. The van der Waals surface area contributed by atoms with Gasteiger partial charge in [0.1, 0.15) is 0 Å². The molecule has 0 fully saturated rings. The monoisotopic (exact) mass is 338 g/mol. The molecule has 0 saturated carbocycles. The van der Waals surface area contributed by atoms with Crippen molar-refractivity contribution < 1.29 is 9.59 Å². The molecule has 0 radical (unpaired) electrons. The summed E-state index contributed by atoms with van der Waals surface area (Å²) in [5.74, 6) is 0.0478. The first kappa shape index (κ1) is 18.7. The number of rotatable bonds is 8. The number of nitrogens with one attached hydrogen (secondary N) is 2. The van der Waals surface area contributed by atoms with Crippen molar-refractivity contribution in [1.29, 1.82) is 0 Å². The Morgan fingerprint density at radius 1 is 0.760 bits per heavy atom. The molecule has 25 heavy (non-hydrogen) atoms. The zero-order valence-corrected chi connectivity index (χ0v) is 15.0. The fourth-order valence-corrected chi connectivity index (χ4v) is 2.53. The molecular formula is C21H26N2O2. The second-order valence-corrected chi connectivity index (χ2v) is 6.34. The highest BCUT2D eigenvalue weighted by Crippen LogP contribution is 2.14. The fourth-order valence-electron chi connectivity index (χ4n) is 2.53. The molecule has 0 atom stereocenters. The molecule has 0 heterocycles. The van der Waals surface area contributed by atoms with E-state index in [0.29, 0.717) is 12.8 Å². The highest BCUT2D eigenvalue weighted by Gasteiger charge is 2.05. The van der Waals surface area contributed by atoms with Crippen LogP contribution in [0.4, 0.5) is 11.4 Å². The maximum atomic E-state index is 11.9. The van der Waals surface area contributed by atoms with Crippen LogP contribution in [0.1, 0.15) is 43.2 Å². The lowest BCUT2D eigenvalue weighted by atomic mass is 10.1. The Morgan fingerprint density at radius 2 is 1.36 bits per heavy atom. The Labute approximate surface area is 149 Å². The van der Waals surface area contributed by atoms with Gasteiger partial charge in [0.2, 0.25) is 11.8 Å². The molecule has 0 aliphatic rings. The molecule has 0 bridgehead atoms. The number of carbonyl (C=O) groups is 2. The van der Waals surface area contributed by atoms with Gasteiger partial charge in [-0.25, -0.2) is 0 Å². The summed E-state index contributed by atoms with van der Waals surface area (Å²) in [6.45, 7) is 3.99. The van der Waals surface area contributed by atoms with E-state index in [1.807, 2.05) is 62.4 Å². The van der Waals surface area contributed by atoms with Crippen LogP contribution < -0.4 is 10.6 Å². The third-order valence-corrected chi connectivity index (χ3v) is 4.06. The van der Waals surface area contributed by atoms with E-state index in [-0.39, 0.29) is 11.8 Å². The molecular weight excluding hydrogens is 312 g/mol. The van der Waals surface area contributed by atoms with Crippen LogP contribution in [-0.2, 0) is 9.59 Å². The minimum absolute atomic E-state index is 0.0215. The molecule has 4 heteroatoms. The summed E-state index contributed by atoms with van der Waals surface area (Å²) in [4.78, 5) is 23.8. The van der Waals surface area contributed by atoms with E-state index in [4.69, 9.17) is 0 Å². The molecule has 0 saturated heterocycles. The lowest BCUT2D eigenvalue weighted by Crippen LogP contribution is -2.12. The van der Waals surface area contributed by atoms with Gasteiger partial charge in [-0.2, -0.15) is 0 Å². The van der Waals surface area contributed by atoms with Gasteiger partial charge in [-0.05, 0) is 50.5 Å². The Hall–Kier alpha value is -2.62. The van der Waals surface area contributed by atoms with Crippen molar-refractivity contribution in [2.24, 2.45) is 0 Å². The minimum Gasteiger partial charge on any atom is -0.326 e. The van der Waals surface area contributed by atoms with Crippen LogP contribution in [0.15, 0.2) is 48.5 Å². The summed E-state index contributed by atoms with van der Waals surface area (Å²) < 4.78 is 0. The van der Waals surface area contributed by atoms with Crippen LogP contribution in [0, 0.1) is 13.8 Å². The SMILES string of the molecule is Cc1ccc(NC(=O)CCCCCC(=O)Nc2ccccc2C)cc1. The normalized spacial score (nSPS) is 10.3. The molecule has 132 valence electrons. The number of anilines is 2. The quantitative estimate of drug-likeness (QED) is 0.677. The van der Waals surface area contributed by atoms with Crippen LogP contribution in [0.5, 0.6) is 0 Å². The van der Waals surface area contributed by atoms with Crippen LogP contribution in [0.2, 0.25) is 0 Å². The Morgan fingerprint density at radius 3 is 2.00 bits per heavy atom. The van der Waals surface area contributed by atoms with Crippen LogP contribution in [0.3, 0.4) is 0 Å². The first-order chi connectivity index (χ1) is 12.0. The first-order valence-corrected chi connectivity index (χ1v) is 8.76. The number of benzene rings is 2. The highest BCUT2D eigenvalue weighted by molar-refractivity contribution is 5.91. The molecule has 0 unspecified atom stereocenters. The van der Waals surface area contributed by atoms with Gasteiger partial charge in [0.15, 0.2) is 0 Å². The number of carbonyl (C=O) groups excluding carboxylic acids is 2. The fraction of sp³-hybridized carbons (Fsp3) is 0.333. The van der Waals surface area contributed by atoms with Gasteiger partial charge >= 0.3 is 0 Å². The van der Waals surface area contributed by atoms with Crippen molar-refractivity contribution in [3.05, 3.63) is 59.7 Å². The molecule has 0 aliphatic heterocycles. The summed E-state index contributed by atoms with van der Waals surface area (Å²) >= 11 is 0. The van der Waals surface area contributed by atoms with Crippen LogP contribution in [-0.4, -0.2) is 11.8 Å². The zero-order chi connectivity index (χ0) is 18.1.